The Labute approximate surface area is 121 Å². The summed E-state index contributed by atoms with van der Waals surface area (Å²) in [6.45, 7) is 5.53. The van der Waals surface area contributed by atoms with Crippen molar-refractivity contribution < 1.29 is 4.74 Å². The molecule has 1 atom stereocenters. The Kier molecular flexibility index (Phi) is 5.05. The van der Waals surface area contributed by atoms with Crippen LogP contribution < -0.4 is 15.4 Å². The third kappa shape index (κ3) is 3.77. The average molecular weight is 294 g/mol. The van der Waals surface area contributed by atoms with Gasteiger partial charge in [-0.15, -0.1) is 11.3 Å². The van der Waals surface area contributed by atoms with Gasteiger partial charge in [-0.3, -0.25) is 0 Å². The third-order valence-electron chi connectivity index (χ3n) is 2.57. The normalized spacial score (nSPS) is 11.9. The standard InChI is InChI=1S/C12H18N6OS/c1-4-13-10-16-11(18-12(17-10)19-3)15-7-8(2)9-14-5-6-20-9/h5-6,8H,4,7H2,1-3H3,(H2,13,15,16,17,18). The van der Waals surface area contributed by atoms with Gasteiger partial charge in [-0.2, -0.15) is 15.0 Å². The van der Waals surface area contributed by atoms with Gasteiger partial charge in [0.05, 0.1) is 12.1 Å². The van der Waals surface area contributed by atoms with Crippen LogP contribution >= 0.6 is 11.3 Å². The number of hydrogen-bond donors (Lipinski definition) is 2. The van der Waals surface area contributed by atoms with Gasteiger partial charge in [-0.1, -0.05) is 6.92 Å². The highest BCUT2D eigenvalue weighted by molar-refractivity contribution is 7.09. The first-order chi connectivity index (χ1) is 9.72. The molecule has 0 radical (unpaired) electrons. The maximum absolute atomic E-state index is 5.07. The molecule has 0 aliphatic carbocycles. The van der Waals surface area contributed by atoms with Gasteiger partial charge in [-0.05, 0) is 6.92 Å². The summed E-state index contributed by atoms with van der Waals surface area (Å²) in [4.78, 5) is 16.9. The van der Waals surface area contributed by atoms with Gasteiger partial charge in [0.25, 0.3) is 0 Å². The molecule has 8 heteroatoms. The Morgan fingerprint density at radius 3 is 2.60 bits per heavy atom. The third-order valence-corrected chi connectivity index (χ3v) is 3.58. The lowest BCUT2D eigenvalue weighted by molar-refractivity contribution is 0.379. The molecule has 0 aliphatic rings. The topological polar surface area (TPSA) is 84.9 Å². The van der Waals surface area contributed by atoms with E-state index in [2.05, 4.69) is 37.5 Å². The predicted octanol–water partition coefficient (Wildman–Crippen LogP) is 1.98. The molecule has 2 heterocycles. The van der Waals surface area contributed by atoms with Crippen molar-refractivity contribution in [3.63, 3.8) is 0 Å². The maximum atomic E-state index is 5.07. The van der Waals surface area contributed by atoms with Crippen molar-refractivity contribution in [3.8, 4) is 6.01 Å². The summed E-state index contributed by atoms with van der Waals surface area (Å²) < 4.78 is 5.07. The highest BCUT2D eigenvalue weighted by Gasteiger charge is 2.10. The van der Waals surface area contributed by atoms with E-state index in [0.717, 1.165) is 11.6 Å². The van der Waals surface area contributed by atoms with Crippen LogP contribution in [-0.2, 0) is 0 Å². The predicted molar refractivity (Wildman–Crippen MR) is 79.6 cm³/mol. The second-order valence-corrected chi connectivity index (χ2v) is 5.08. The van der Waals surface area contributed by atoms with Crippen LogP contribution in [0.3, 0.4) is 0 Å². The summed E-state index contributed by atoms with van der Waals surface area (Å²) >= 11 is 1.64. The van der Waals surface area contributed by atoms with E-state index in [1.165, 1.54) is 7.11 Å². The Bertz CT molecular complexity index is 533. The van der Waals surface area contributed by atoms with Crippen molar-refractivity contribution in [1.82, 2.24) is 19.9 Å². The first kappa shape index (κ1) is 14.4. The summed E-state index contributed by atoms with van der Waals surface area (Å²) in [7, 11) is 1.53. The van der Waals surface area contributed by atoms with Gasteiger partial charge in [0.1, 0.15) is 0 Å². The molecule has 0 aliphatic heterocycles. The molecule has 0 bridgehead atoms. The van der Waals surface area contributed by atoms with E-state index in [1.807, 2.05) is 18.5 Å². The molecule has 108 valence electrons. The number of thiazole rings is 1. The zero-order valence-electron chi connectivity index (χ0n) is 11.8. The van der Waals surface area contributed by atoms with Gasteiger partial charge in [-0.25, -0.2) is 4.98 Å². The van der Waals surface area contributed by atoms with E-state index in [1.54, 1.807) is 11.3 Å². The van der Waals surface area contributed by atoms with E-state index in [9.17, 15) is 0 Å². The Hall–Kier alpha value is -1.96. The van der Waals surface area contributed by atoms with Crippen LogP contribution in [0.5, 0.6) is 6.01 Å². The molecule has 0 spiro atoms. The Morgan fingerprint density at radius 2 is 2.00 bits per heavy atom. The maximum Gasteiger partial charge on any atom is 0.322 e. The number of hydrogen-bond acceptors (Lipinski definition) is 8. The summed E-state index contributed by atoms with van der Waals surface area (Å²) in [5.41, 5.74) is 0. The van der Waals surface area contributed by atoms with Crippen molar-refractivity contribution in [2.45, 2.75) is 19.8 Å². The smallest absolute Gasteiger partial charge is 0.322 e. The van der Waals surface area contributed by atoms with E-state index in [0.29, 0.717) is 30.4 Å². The first-order valence-electron chi connectivity index (χ1n) is 6.40. The fraction of sp³-hybridized carbons (Fsp3) is 0.500. The lowest BCUT2D eigenvalue weighted by atomic mass is 10.2. The minimum Gasteiger partial charge on any atom is -0.467 e. The number of rotatable bonds is 7. The molecule has 2 rings (SSSR count). The van der Waals surface area contributed by atoms with Crippen molar-refractivity contribution in [1.29, 1.82) is 0 Å². The van der Waals surface area contributed by atoms with Crippen LogP contribution in [0.25, 0.3) is 0 Å². The lowest BCUT2D eigenvalue weighted by Crippen LogP contribution is -2.14. The molecule has 1 unspecified atom stereocenters. The van der Waals surface area contributed by atoms with Crippen LogP contribution in [0.1, 0.15) is 24.8 Å². The van der Waals surface area contributed by atoms with Gasteiger partial charge in [0.2, 0.25) is 11.9 Å². The van der Waals surface area contributed by atoms with Crippen LogP contribution in [0.2, 0.25) is 0 Å². The molecule has 0 fully saturated rings. The van der Waals surface area contributed by atoms with Crippen molar-refractivity contribution >= 4 is 23.2 Å². The fourth-order valence-electron chi connectivity index (χ4n) is 1.57. The quantitative estimate of drug-likeness (QED) is 0.807. The SMILES string of the molecule is CCNc1nc(NCC(C)c2nccs2)nc(OC)n1. The van der Waals surface area contributed by atoms with E-state index in [4.69, 9.17) is 4.74 Å². The fourth-order valence-corrected chi connectivity index (χ4v) is 2.27. The molecular formula is C12H18N6OS. The monoisotopic (exact) mass is 294 g/mol. The van der Waals surface area contributed by atoms with E-state index < -0.39 is 0 Å². The zero-order valence-corrected chi connectivity index (χ0v) is 12.6. The summed E-state index contributed by atoms with van der Waals surface area (Å²) in [5, 5.41) is 9.30. The number of anilines is 2. The molecule has 2 aromatic heterocycles. The Morgan fingerprint density at radius 1 is 1.25 bits per heavy atom. The van der Waals surface area contributed by atoms with Crippen LogP contribution in [0.15, 0.2) is 11.6 Å². The molecule has 0 saturated heterocycles. The summed E-state index contributed by atoms with van der Waals surface area (Å²) in [6, 6.07) is 0.292. The van der Waals surface area contributed by atoms with Crippen LogP contribution in [0, 0.1) is 0 Å². The molecule has 2 N–H and O–H groups in total. The second kappa shape index (κ2) is 6.99. The van der Waals surface area contributed by atoms with Gasteiger partial charge in [0.15, 0.2) is 0 Å². The lowest BCUT2D eigenvalue weighted by Gasteiger charge is -2.11. The molecule has 0 aromatic carbocycles. The van der Waals surface area contributed by atoms with E-state index >= 15 is 0 Å². The summed E-state index contributed by atoms with van der Waals surface area (Å²) in [5.74, 6) is 1.29. The number of aromatic nitrogens is 4. The second-order valence-electron chi connectivity index (χ2n) is 4.15. The van der Waals surface area contributed by atoms with Crippen molar-refractivity contribution in [2.24, 2.45) is 0 Å². The summed E-state index contributed by atoms with van der Waals surface area (Å²) in [6.07, 6.45) is 1.81. The van der Waals surface area contributed by atoms with Crippen LogP contribution in [-0.4, -0.2) is 40.1 Å². The van der Waals surface area contributed by atoms with Crippen molar-refractivity contribution in [2.75, 3.05) is 30.8 Å². The molecule has 2 aromatic rings. The molecule has 0 amide bonds. The number of ether oxygens (including phenoxy) is 1. The van der Waals surface area contributed by atoms with E-state index in [-0.39, 0.29) is 0 Å². The first-order valence-corrected chi connectivity index (χ1v) is 7.28. The van der Waals surface area contributed by atoms with Gasteiger partial charge < -0.3 is 15.4 Å². The van der Waals surface area contributed by atoms with Crippen molar-refractivity contribution in [3.05, 3.63) is 16.6 Å². The minimum atomic E-state index is 0.292. The number of nitrogens with one attached hydrogen (secondary N) is 2. The highest BCUT2D eigenvalue weighted by atomic mass is 32.1. The Balaban J connectivity index is 2.02. The minimum absolute atomic E-state index is 0.292. The molecule has 0 saturated carbocycles. The highest BCUT2D eigenvalue weighted by Crippen LogP contribution is 2.18. The molecule has 7 nitrogen and oxygen atoms in total. The molecular weight excluding hydrogens is 276 g/mol. The number of nitrogens with zero attached hydrogens (tertiary/aromatic N) is 4. The largest absolute Gasteiger partial charge is 0.467 e. The molecule has 20 heavy (non-hydrogen) atoms. The zero-order chi connectivity index (χ0) is 14.4. The van der Waals surface area contributed by atoms with Gasteiger partial charge in [0, 0.05) is 30.6 Å². The average Bonchev–Trinajstić information content (AvgIpc) is 2.99. The number of methoxy groups -OCH3 is 1. The van der Waals surface area contributed by atoms with Gasteiger partial charge >= 0.3 is 6.01 Å². The van der Waals surface area contributed by atoms with Crippen LogP contribution in [0.4, 0.5) is 11.9 Å².